The van der Waals surface area contributed by atoms with Crippen molar-refractivity contribution in [2.75, 3.05) is 13.2 Å². The molecule has 1 rings (SSSR count). The number of hydrogen-bond donors (Lipinski definition) is 5. The van der Waals surface area contributed by atoms with Crippen molar-refractivity contribution < 1.29 is 43.7 Å². The van der Waals surface area contributed by atoms with E-state index in [1.165, 1.54) is 25.7 Å². The molecule has 0 aromatic heterocycles. The van der Waals surface area contributed by atoms with E-state index in [9.17, 15) is 29.9 Å². The molecule has 0 saturated carbocycles. The number of unbranched alkanes of at least 4 members (excludes halogenated alkanes) is 7. The highest BCUT2D eigenvalue weighted by Crippen LogP contribution is 2.44. The van der Waals surface area contributed by atoms with Crippen molar-refractivity contribution in [3.63, 3.8) is 0 Å². The molecule has 10 heteroatoms. The van der Waals surface area contributed by atoms with Gasteiger partial charge in [-0.05, 0) is 6.42 Å². The molecule has 0 amide bonds. The normalized spacial score (nSPS) is 31.7. The third kappa shape index (κ3) is 8.73. The van der Waals surface area contributed by atoms with Crippen LogP contribution in [0.3, 0.4) is 0 Å². The molecule has 0 bridgehead atoms. The van der Waals surface area contributed by atoms with Gasteiger partial charge in [0.1, 0.15) is 24.4 Å². The second-order valence-electron chi connectivity index (χ2n) is 6.61. The lowest BCUT2D eigenvalue weighted by molar-refractivity contribution is -0.285. The van der Waals surface area contributed by atoms with Crippen molar-refractivity contribution in [2.24, 2.45) is 0 Å². The van der Waals surface area contributed by atoms with E-state index < -0.39 is 45.1 Å². The molecule has 1 aliphatic heterocycles. The summed E-state index contributed by atoms with van der Waals surface area (Å²) in [6.07, 6.45) is 0.737. The Hall–Kier alpha value is -0.0900. The minimum Gasteiger partial charge on any atom is -0.387 e. The first-order chi connectivity index (χ1) is 12.3. The number of rotatable bonds is 13. The summed E-state index contributed by atoms with van der Waals surface area (Å²) in [6.45, 7) is 1.66. The number of aliphatic hydroxyl groups is 4. The third-order valence-corrected chi connectivity index (χ3v) is 5.33. The fourth-order valence-electron chi connectivity index (χ4n) is 2.69. The van der Waals surface area contributed by atoms with E-state index in [2.05, 4.69) is 6.92 Å². The largest absolute Gasteiger partial charge is 0.472 e. The summed E-state index contributed by atoms with van der Waals surface area (Å²) < 4.78 is 26.3. The van der Waals surface area contributed by atoms with Crippen LogP contribution in [0.2, 0.25) is 0 Å². The molecule has 6 atom stereocenters. The van der Waals surface area contributed by atoms with Gasteiger partial charge in [0.05, 0.1) is 13.2 Å². The van der Waals surface area contributed by atoms with Crippen LogP contribution in [-0.2, 0) is 18.3 Å². The highest BCUT2D eigenvalue weighted by Gasteiger charge is 2.43. The molecule has 2 unspecified atom stereocenters. The summed E-state index contributed by atoms with van der Waals surface area (Å²) in [4.78, 5) is 9.61. The predicted octanol–water partition coefficient (Wildman–Crippen LogP) is 1.06. The van der Waals surface area contributed by atoms with Gasteiger partial charge in [0.15, 0.2) is 6.29 Å². The van der Waals surface area contributed by atoms with Crippen LogP contribution in [0, 0.1) is 0 Å². The van der Waals surface area contributed by atoms with Crippen molar-refractivity contribution in [1.82, 2.24) is 0 Å². The lowest BCUT2D eigenvalue weighted by Gasteiger charge is -2.38. The topological polar surface area (TPSA) is 146 Å². The van der Waals surface area contributed by atoms with Crippen molar-refractivity contribution in [3.8, 4) is 0 Å². The number of phosphoric ester groups is 1. The van der Waals surface area contributed by atoms with E-state index in [0.717, 1.165) is 19.3 Å². The summed E-state index contributed by atoms with van der Waals surface area (Å²) in [5.74, 6) is 0. The van der Waals surface area contributed by atoms with E-state index in [-0.39, 0.29) is 6.61 Å². The van der Waals surface area contributed by atoms with Crippen molar-refractivity contribution >= 4 is 7.82 Å². The molecule has 5 N–H and O–H groups in total. The average Bonchev–Trinajstić information content (AvgIpc) is 2.60. The van der Waals surface area contributed by atoms with Gasteiger partial charge in [0, 0.05) is 0 Å². The van der Waals surface area contributed by atoms with Crippen LogP contribution in [0.1, 0.15) is 58.3 Å². The van der Waals surface area contributed by atoms with Gasteiger partial charge in [-0.15, -0.1) is 0 Å². The molecular weight excluding hydrogens is 367 g/mol. The van der Waals surface area contributed by atoms with Crippen LogP contribution >= 0.6 is 7.82 Å². The fraction of sp³-hybridized carbons (Fsp3) is 1.00. The molecule has 0 spiro atoms. The van der Waals surface area contributed by atoms with Crippen molar-refractivity contribution in [3.05, 3.63) is 0 Å². The molecule has 0 aliphatic carbocycles. The van der Waals surface area contributed by atoms with Gasteiger partial charge in [-0.25, -0.2) is 4.57 Å². The number of phosphoric acid groups is 1. The maximum absolute atomic E-state index is 11.8. The van der Waals surface area contributed by atoms with Gasteiger partial charge in [-0.3, -0.25) is 9.05 Å². The third-order valence-electron chi connectivity index (χ3n) is 4.34. The van der Waals surface area contributed by atoms with Crippen molar-refractivity contribution in [1.29, 1.82) is 0 Å². The fourth-order valence-corrected chi connectivity index (χ4v) is 3.46. The quantitative estimate of drug-likeness (QED) is 0.226. The Kier molecular flexibility index (Phi) is 11.4. The van der Waals surface area contributed by atoms with E-state index in [1.807, 2.05) is 0 Å². The Morgan fingerprint density at radius 1 is 0.846 bits per heavy atom. The number of hydrogen-bond acceptors (Lipinski definition) is 8. The van der Waals surface area contributed by atoms with E-state index in [4.69, 9.17) is 13.8 Å². The van der Waals surface area contributed by atoms with Gasteiger partial charge in [-0.1, -0.05) is 51.9 Å². The Bertz CT molecular complexity index is 423. The number of ether oxygens (including phenoxy) is 1. The smallest absolute Gasteiger partial charge is 0.387 e. The monoisotopic (exact) mass is 400 g/mol. The first-order valence-electron chi connectivity index (χ1n) is 9.28. The molecule has 156 valence electrons. The lowest BCUT2D eigenvalue weighted by Crippen LogP contribution is -2.58. The Morgan fingerprint density at radius 3 is 2.04 bits per heavy atom. The van der Waals surface area contributed by atoms with Crippen LogP contribution in [0.5, 0.6) is 0 Å². The second-order valence-corrected chi connectivity index (χ2v) is 8.06. The zero-order chi connectivity index (χ0) is 19.6. The minimum atomic E-state index is -4.33. The molecule has 9 nitrogen and oxygen atoms in total. The van der Waals surface area contributed by atoms with Gasteiger partial charge < -0.3 is 30.1 Å². The van der Waals surface area contributed by atoms with Crippen LogP contribution in [0.25, 0.3) is 0 Å². The van der Waals surface area contributed by atoms with Gasteiger partial charge in [-0.2, -0.15) is 0 Å². The summed E-state index contributed by atoms with van der Waals surface area (Å²) in [5, 5.41) is 38.0. The van der Waals surface area contributed by atoms with E-state index in [1.54, 1.807) is 0 Å². The molecule has 26 heavy (non-hydrogen) atoms. The van der Waals surface area contributed by atoms with Crippen LogP contribution in [0.15, 0.2) is 0 Å². The van der Waals surface area contributed by atoms with Crippen LogP contribution < -0.4 is 0 Å². The maximum atomic E-state index is 11.8. The Balaban J connectivity index is 2.17. The van der Waals surface area contributed by atoms with E-state index in [0.29, 0.717) is 6.42 Å². The molecule has 1 saturated heterocycles. The second kappa shape index (κ2) is 12.4. The SMILES string of the molecule is CCCCCCCCCCOP(=O)(O)OC[C@H]1OC(O)[C@@H](O)[C@@H](O)[C@@H]1O. The predicted molar refractivity (Wildman–Crippen MR) is 93.2 cm³/mol. The summed E-state index contributed by atoms with van der Waals surface area (Å²) in [7, 11) is -4.33. The molecule has 0 aromatic carbocycles. The highest BCUT2D eigenvalue weighted by atomic mass is 31.2. The molecule has 1 fully saturated rings. The zero-order valence-corrected chi connectivity index (χ0v) is 16.2. The van der Waals surface area contributed by atoms with Gasteiger partial charge in [0.25, 0.3) is 0 Å². The lowest BCUT2D eigenvalue weighted by atomic mass is 10.00. The molecular formula is C16H33O9P. The van der Waals surface area contributed by atoms with Crippen LogP contribution in [0.4, 0.5) is 0 Å². The van der Waals surface area contributed by atoms with Crippen LogP contribution in [-0.4, -0.2) is 69.2 Å². The molecule has 0 radical (unpaired) electrons. The van der Waals surface area contributed by atoms with Crippen molar-refractivity contribution in [2.45, 2.75) is 89.0 Å². The summed E-state index contributed by atoms with van der Waals surface area (Å²) in [5.41, 5.74) is 0. The minimum absolute atomic E-state index is 0.0702. The zero-order valence-electron chi connectivity index (χ0n) is 15.3. The van der Waals surface area contributed by atoms with Gasteiger partial charge >= 0.3 is 7.82 Å². The Labute approximate surface area is 154 Å². The first-order valence-corrected chi connectivity index (χ1v) is 10.8. The number of aliphatic hydroxyl groups excluding tert-OH is 4. The summed E-state index contributed by atoms with van der Waals surface area (Å²) in [6, 6.07) is 0. The Morgan fingerprint density at radius 2 is 1.42 bits per heavy atom. The standard InChI is InChI=1S/C16H33O9P/c1-2-3-4-5-6-7-8-9-10-23-26(21,22)24-11-12-13(17)14(18)15(19)16(20)25-12/h12-20H,2-11H2,1H3,(H,21,22)/t12-,13-,14+,15+,16?/m1/s1. The maximum Gasteiger partial charge on any atom is 0.472 e. The summed E-state index contributed by atoms with van der Waals surface area (Å²) >= 11 is 0. The molecule has 1 aliphatic rings. The van der Waals surface area contributed by atoms with Gasteiger partial charge in [0.2, 0.25) is 0 Å². The molecule has 1 heterocycles. The first kappa shape index (κ1) is 23.9. The molecule has 0 aromatic rings. The highest BCUT2D eigenvalue weighted by molar-refractivity contribution is 7.47. The van der Waals surface area contributed by atoms with E-state index >= 15 is 0 Å². The average molecular weight is 400 g/mol.